The molecule has 0 radical (unpaired) electrons. The van der Waals surface area contributed by atoms with Crippen LogP contribution < -0.4 is 0 Å². The molecule has 0 amide bonds. The zero-order valence-corrected chi connectivity index (χ0v) is 20.1. The van der Waals surface area contributed by atoms with Crippen molar-refractivity contribution in [2.24, 2.45) is 0 Å². The van der Waals surface area contributed by atoms with E-state index in [1.54, 1.807) is 17.6 Å². The van der Waals surface area contributed by atoms with Gasteiger partial charge in [-0.2, -0.15) is 23.0 Å². The number of carbonyl (C=O) groups is 1. The highest BCUT2D eigenvalue weighted by Gasteiger charge is 2.27. The fraction of sp³-hybridized carbons (Fsp3) is 0.259. The minimum atomic E-state index is -0.780. The van der Waals surface area contributed by atoms with Gasteiger partial charge in [0, 0.05) is 23.7 Å². The fourth-order valence-electron chi connectivity index (χ4n) is 4.14. The SMILES string of the molecule is CCCc1nc2ccnn2c(C(S)C(=O)OCC)c1Cc1ccc(-c2ccccc2C#N)cc1. The van der Waals surface area contributed by atoms with Gasteiger partial charge < -0.3 is 4.74 Å². The Hall–Kier alpha value is -3.63. The van der Waals surface area contributed by atoms with Crippen LogP contribution in [0.1, 0.15) is 53.6 Å². The van der Waals surface area contributed by atoms with E-state index >= 15 is 0 Å². The molecule has 2 aromatic carbocycles. The number of esters is 1. The van der Waals surface area contributed by atoms with E-state index in [2.05, 4.69) is 30.7 Å². The summed E-state index contributed by atoms with van der Waals surface area (Å²) in [7, 11) is 0. The van der Waals surface area contributed by atoms with E-state index in [4.69, 9.17) is 9.72 Å². The second-order valence-corrected chi connectivity index (χ2v) is 8.48. The Morgan fingerprint density at radius 2 is 1.91 bits per heavy atom. The Labute approximate surface area is 204 Å². The Morgan fingerprint density at radius 1 is 1.15 bits per heavy atom. The molecule has 172 valence electrons. The fourth-order valence-corrected chi connectivity index (χ4v) is 4.48. The number of nitriles is 1. The van der Waals surface area contributed by atoms with Crippen LogP contribution in [0.5, 0.6) is 0 Å². The molecule has 1 unspecified atom stereocenters. The topological polar surface area (TPSA) is 80.3 Å². The second kappa shape index (κ2) is 10.5. The summed E-state index contributed by atoms with van der Waals surface area (Å²) in [5.41, 5.74) is 6.85. The third kappa shape index (κ3) is 4.68. The van der Waals surface area contributed by atoms with Crippen LogP contribution in [-0.2, 0) is 22.4 Å². The van der Waals surface area contributed by atoms with Crippen molar-refractivity contribution in [1.29, 1.82) is 5.26 Å². The second-order valence-electron chi connectivity index (χ2n) is 7.96. The maximum atomic E-state index is 12.7. The molecule has 7 heteroatoms. The number of ether oxygens (including phenoxy) is 1. The summed E-state index contributed by atoms with van der Waals surface area (Å²) in [5, 5.41) is 13.1. The van der Waals surface area contributed by atoms with Crippen molar-refractivity contribution in [2.75, 3.05) is 6.61 Å². The van der Waals surface area contributed by atoms with Crippen molar-refractivity contribution < 1.29 is 9.53 Å². The molecule has 0 N–H and O–H groups in total. The molecule has 1 atom stereocenters. The largest absolute Gasteiger partial charge is 0.465 e. The molecule has 0 aliphatic carbocycles. The van der Waals surface area contributed by atoms with Crippen molar-refractivity contribution in [3.63, 3.8) is 0 Å². The van der Waals surface area contributed by atoms with Gasteiger partial charge in [-0.1, -0.05) is 55.8 Å². The van der Waals surface area contributed by atoms with E-state index in [0.29, 0.717) is 23.3 Å². The monoisotopic (exact) mass is 470 g/mol. The minimum absolute atomic E-state index is 0.284. The summed E-state index contributed by atoms with van der Waals surface area (Å²) in [5.74, 6) is -0.402. The average molecular weight is 471 g/mol. The Kier molecular flexibility index (Phi) is 7.29. The van der Waals surface area contributed by atoms with Crippen LogP contribution in [-0.4, -0.2) is 27.2 Å². The third-order valence-corrected chi connectivity index (χ3v) is 6.16. The van der Waals surface area contributed by atoms with Gasteiger partial charge in [-0.25, -0.2) is 9.50 Å². The van der Waals surface area contributed by atoms with E-state index in [0.717, 1.165) is 40.8 Å². The first kappa shape index (κ1) is 23.5. The van der Waals surface area contributed by atoms with Gasteiger partial charge in [0.15, 0.2) is 5.65 Å². The first-order valence-corrected chi connectivity index (χ1v) is 11.9. The maximum absolute atomic E-state index is 12.7. The van der Waals surface area contributed by atoms with E-state index in [1.807, 2.05) is 54.6 Å². The number of rotatable bonds is 8. The lowest BCUT2D eigenvalue weighted by Gasteiger charge is -2.19. The molecule has 4 rings (SSSR count). The van der Waals surface area contributed by atoms with Crippen molar-refractivity contribution >= 4 is 24.2 Å². The van der Waals surface area contributed by atoms with Crippen molar-refractivity contribution in [1.82, 2.24) is 14.6 Å². The number of fused-ring (bicyclic) bond motifs is 1. The highest BCUT2D eigenvalue weighted by Crippen LogP contribution is 2.31. The van der Waals surface area contributed by atoms with E-state index in [1.165, 1.54) is 0 Å². The Balaban J connectivity index is 1.77. The number of hydrogen-bond acceptors (Lipinski definition) is 6. The normalized spacial score (nSPS) is 11.8. The van der Waals surface area contributed by atoms with Gasteiger partial charge in [0.05, 0.1) is 30.1 Å². The number of thiol groups is 1. The summed E-state index contributed by atoms with van der Waals surface area (Å²) in [6, 6.07) is 19.8. The number of hydrogen-bond donors (Lipinski definition) is 1. The van der Waals surface area contributed by atoms with E-state index < -0.39 is 11.2 Å². The number of nitrogens with zero attached hydrogens (tertiary/aromatic N) is 4. The molecule has 4 aromatic rings. The Bertz CT molecular complexity index is 1360. The summed E-state index contributed by atoms with van der Waals surface area (Å²) in [4.78, 5) is 17.5. The van der Waals surface area contributed by atoms with Gasteiger partial charge in [0.1, 0.15) is 5.25 Å². The standard InChI is InChI=1S/C27H26N4O2S/c1-3-7-23-22(25(26(34)27(32)33-4-2)31-24(30-23)14-15-29-31)16-18-10-12-19(13-11-18)21-9-6-5-8-20(21)17-28/h5-6,8-15,26,34H,3-4,7,16H2,1-2H3. The predicted molar refractivity (Wildman–Crippen MR) is 135 cm³/mol. The van der Waals surface area contributed by atoms with Crippen LogP contribution in [0.15, 0.2) is 60.8 Å². The quantitative estimate of drug-likeness (QED) is 0.278. The first-order chi connectivity index (χ1) is 16.6. The van der Waals surface area contributed by atoms with Gasteiger partial charge in [0.2, 0.25) is 0 Å². The number of aromatic nitrogens is 3. The molecule has 0 bridgehead atoms. The van der Waals surface area contributed by atoms with E-state index in [-0.39, 0.29) is 6.61 Å². The Morgan fingerprint density at radius 3 is 2.62 bits per heavy atom. The molecule has 0 aliphatic rings. The van der Waals surface area contributed by atoms with Crippen LogP contribution in [0.4, 0.5) is 0 Å². The molecule has 2 heterocycles. The zero-order chi connectivity index (χ0) is 24.1. The third-order valence-electron chi connectivity index (χ3n) is 5.71. The maximum Gasteiger partial charge on any atom is 0.324 e. The molecule has 0 fully saturated rings. The number of aryl methyl sites for hydroxylation is 1. The van der Waals surface area contributed by atoms with Gasteiger partial charge in [-0.05, 0) is 36.1 Å². The van der Waals surface area contributed by atoms with Crippen LogP contribution >= 0.6 is 12.6 Å². The van der Waals surface area contributed by atoms with E-state index in [9.17, 15) is 10.1 Å². The summed E-state index contributed by atoms with van der Waals surface area (Å²) >= 11 is 4.64. The molecule has 0 saturated heterocycles. The smallest absolute Gasteiger partial charge is 0.324 e. The van der Waals surface area contributed by atoms with Gasteiger partial charge in [-0.15, -0.1) is 0 Å². The zero-order valence-electron chi connectivity index (χ0n) is 19.2. The lowest BCUT2D eigenvalue weighted by atomic mass is 9.95. The van der Waals surface area contributed by atoms with Crippen molar-refractivity contribution in [2.45, 2.75) is 38.4 Å². The molecule has 2 aromatic heterocycles. The molecule has 0 saturated carbocycles. The summed E-state index contributed by atoms with van der Waals surface area (Å²) < 4.78 is 6.97. The molecule has 6 nitrogen and oxygen atoms in total. The highest BCUT2D eigenvalue weighted by atomic mass is 32.1. The number of carbonyl (C=O) groups excluding carboxylic acids is 1. The van der Waals surface area contributed by atoms with Gasteiger partial charge in [0.25, 0.3) is 0 Å². The molecular formula is C27H26N4O2S. The van der Waals surface area contributed by atoms with Crippen molar-refractivity contribution in [3.05, 3.63) is 88.9 Å². The first-order valence-electron chi connectivity index (χ1n) is 11.4. The lowest BCUT2D eigenvalue weighted by molar-refractivity contribution is -0.142. The molecule has 0 spiro atoms. The predicted octanol–water partition coefficient (Wildman–Crippen LogP) is 5.35. The summed E-state index contributed by atoms with van der Waals surface area (Å²) in [6.45, 7) is 4.17. The van der Waals surface area contributed by atoms with Crippen LogP contribution in [0, 0.1) is 11.3 Å². The van der Waals surface area contributed by atoms with Crippen LogP contribution in [0.25, 0.3) is 16.8 Å². The average Bonchev–Trinajstić information content (AvgIpc) is 3.32. The lowest BCUT2D eigenvalue weighted by Crippen LogP contribution is -2.19. The van der Waals surface area contributed by atoms with Gasteiger partial charge in [-0.3, -0.25) is 4.79 Å². The molecular weight excluding hydrogens is 444 g/mol. The van der Waals surface area contributed by atoms with Crippen LogP contribution in [0.3, 0.4) is 0 Å². The van der Waals surface area contributed by atoms with Crippen molar-refractivity contribution in [3.8, 4) is 17.2 Å². The van der Waals surface area contributed by atoms with Gasteiger partial charge >= 0.3 is 5.97 Å². The minimum Gasteiger partial charge on any atom is -0.465 e. The molecule has 0 aliphatic heterocycles. The highest BCUT2D eigenvalue weighted by molar-refractivity contribution is 7.81. The van der Waals surface area contributed by atoms with Crippen LogP contribution in [0.2, 0.25) is 0 Å². The molecule has 34 heavy (non-hydrogen) atoms. The summed E-state index contributed by atoms with van der Waals surface area (Å²) in [6.07, 6.45) is 3.95. The number of benzene rings is 2.